The number of fused-ring (bicyclic) bond motifs is 3. The third-order valence-electron chi connectivity index (χ3n) is 6.87. The van der Waals surface area contributed by atoms with Gasteiger partial charge in [-0.1, -0.05) is 59.3 Å². The van der Waals surface area contributed by atoms with Crippen molar-refractivity contribution in [3.8, 4) is 5.75 Å². The Bertz CT molecular complexity index is 1280. The second-order valence-electron chi connectivity index (χ2n) is 9.52. The summed E-state index contributed by atoms with van der Waals surface area (Å²) in [5.74, 6) is 1.17. The van der Waals surface area contributed by atoms with Gasteiger partial charge in [0.2, 0.25) is 5.90 Å². The summed E-state index contributed by atoms with van der Waals surface area (Å²) in [6.07, 6.45) is 1.34. The fraction of sp³-hybridized carbons (Fsp3) is 0.333. The Kier molecular flexibility index (Phi) is 7.63. The van der Waals surface area contributed by atoms with E-state index in [1.807, 2.05) is 65.6 Å². The summed E-state index contributed by atoms with van der Waals surface area (Å²) < 4.78 is 13.3. The number of amides is 1. The van der Waals surface area contributed by atoms with E-state index in [9.17, 15) is 4.79 Å². The number of hydrogen-bond acceptors (Lipinski definition) is 5. The molecular weight excluding hydrogens is 532 g/mol. The number of nitrogens with zero attached hydrogens (tertiary/aromatic N) is 2. The van der Waals surface area contributed by atoms with Crippen LogP contribution in [0.5, 0.6) is 5.75 Å². The molecule has 6 nitrogen and oxygen atoms in total. The summed E-state index contributed by atoms with van der Waals surface area (Å²) in [6, 6.07) is 23.8. The third kappa shape index (κ3) is 5.15. The molecule has 3 aromatic carbocycles. The molecule has 0 spiro atoms. The standard InChI is InChI=1S/C30H31BrN2O4/c1-2-16-33-20-23-6-3-4-7-26(23)27-30(29(33)35,19-21-8-12-24(31)13-9-21)32-28(37-27)22-10-14-25(15-11-22)36-18-5-17-34/h3-4,6-15,27,34H,2,5,16-20H2,1H3/t27-,30-/m0/s1. The van der Waals surface area contributed by atoms with Crippen LogP contribution in [-0.4, -0.2) is 47.1 Å². The topological polar surface area (TPSA) is 71.4 Å². The molecule has 2 aliphatic heterocycles. The van der Waals surface area contributed by atoms with Gasteiger partial charge in [0.05, 0.1) is 6.61 Å². The molecule has 0 fully saturated rings. The first kappa shape index (κ1) is 25.5. The van der Waals surface area contributed by atoms with E-state index in [2.05, 4.69) is 35.0 Å². The lowest BCUT2D eigenvalue weighted by Crippen LogP contribution is -2.50. The maximum absolute atomic E-state index is 14.3. The van der Waals surface area contributed by atoms with Gasteiger partial charge in [-0.15, -0.1) is 0 Å². The predicted molar refractivity (Wildman–Crippen MR) is 147 cm³/mol. The molecule has 1 N–H and O–H groups in total. The Labute approximate surface area is 226 Å². The van der Waals surface area contributed by atoms with Crippen LogP contribution in [0.3, 0.4) is 0 Å². The van der Waals surface area contributed by atoms with Crippen LogP contribution in [0, 0.1) is 0 Å². The van der Waals surface area contributed by atoms with E-state index in [-0.39, 0.29) is 12.5 Å². The first-order valence-corrected chi connectivity index (χ1v) is 13.6. The second-order valence-corrected chi connectivity index (χ2v) is 10.4. The average molecular weight is 563 g/mol. The summed E-state index contributed by atoms with van der Waals surface area (Å²) in [5.41, 5.74) is 2.82. The lowest BCUT2D eigenvalue weighted by atomic mass is 9.81. The summed E-state index contributed by atoms with van der Waals surface area (Å²) >= 11 is 3.52. The normalized spacial score (nSPS) is 20.5. The van der Waals surface area contributed by atoms with Gasteiger partial charge in [0, 0.05) is 48.1 Å². The molecule has 0 aliphatic carbocycles. The molecule has 0 bridgehead atoms. The van der Waals surface area contributed by atoms with Crippen molar-refractivity contribution in [1.29, 1.82) is 0 Å². The molecule has 37 heavy (non-hydrogen) atoms. The van der Waals surface area contributed by atoms with Crippen molar-refractivity contribution in [2.24, 2.45) is 4.99 Å². The van der Waals surface area contributed by atoms with Crippen LogP contribution >= 0.6 is 15.9 Å². The van der Waals surface area contributed by atoms with Crippen molar-refractivity contribution in [2.45, 2.75) is 44.4 Å². The van der Waals surface area contributed by atoms with E-state index in [1.165, 1.54) is 0 Å². The van der Waals surface area contributed by atoms with E-state index in [4.69, 9.17) is 19.6 Å². The van der Waals surface area contributed by atoms with Crippen LogP contribution in [0.25, 0.3) is 0 Å². The maximum Gasteiger partial charge on any atom is 0.255 e. The molecule has 3 aromatic rings. The van der Waals surface area contributed by atoms with Crippen molar-refractivity contribution >= 4 is 27.7 Å². The van der Waals surface area contributed by atoms with Gasteiger partial charge in [0.1, 0.15) is 5.75 Å². The highest BCUT2D eigenvalue weighted by Crippen LogP contribution is 2.46. The molecule has 7 heteroatoms. The van der Waals surface area contributed by atoms with Crippen molar-refractivity contribution in [3.05, 3.63) is 99.5 Å². The molecule has 1 amide bonds. The highest BCUT2D eigenvalue weighted by molar-refractivity contribution is 9.10. The van der Waals surface area contributed by atoms with Crippen LogP contribution in [0.1, 0.15) is 48.1 Å². The second kappa shape index (κ2) is 11.1. The highest BCUT2D eigenvalue weighted by Gasteiger charge is 2.56. The van der Waals surface area contributed by atoms with Gasteiger partial charge < -0.3 is 19.5 Å². The van der Waals surface area contributed by atoms with Gasteiger partial charge in [0.15, 0.2) is 11.6 Å². The minimum Gasteiger partial charge on any atom is -0.494 e. The van der Waals surface area contributed by atoms with Crippen LogP contribution < -0.4 is 4.74 Å². The first-order valence-electron chi connectivity index (χ1n) is 12.8. The molecule has 0 radical (unpaired) electrons. The van der Waals surface area contributed by atoms with Gasteiger partial charge in [0.25, 0.3) is 5.91 Å². The Morgan fingerprint density at radius 2 is 1.86 bits per heavy atom. The van der Waals surface area contributed by atoms with Gasteiger partial charge in [-0.2, -0.15) is 0 Å². The van der Waals surface area contributed by atoms with E-state index in [0.29, 0.717) is 44.2 Å². The first-order chi connectivity index (χ1) is 18.0. The largest absolute Gasteiger partial charge is 0.494 e. The molecule has 0 unspecified atom stereocenters. The molecule has 5 rings (SSSR count). The minimum atomic E-state index is -1.11. The lowest BCUT2D eigenvalue weighted by molar-refractivity contribution is -0.139. The fourth-order valence-electron chi connectivity index (χ4n) is 5.09. The summed E-state index contributed by atoms with van der Waals surface area (Å²) in [6.45, 7) is 3.84. The van der Waals surface area contributed by atoms with Crippen molar-refractivity contribution in [2.75, 3.05) is 19.8 Å². The van der Waals surface area contributed by atoms with Crippen molar-refractivity contribution in [3.63, 3.8) is 0 Å². The molecule has 2 heterocycles. The van der Waals surface area contributed by atoms with Crippen molar-refractivity contribution in [1.82, 2.24) is 4.90 Å². The van der Waals surface area contributed by atoms with Crippen LogP contribution in [0.2, 0.25) is 0 Å². The SMILES string of the molecule is CCCN1Cc2ccccc2[C@@H]2OC(c3ccc(OCCCO)cc3)=N[C@]2(Cc2ccc(Br)cc2)C1=O. The molecule has 2 aliphatic rings. The maximum atomic E-state index is 14.3. The quantitative estimate of drug-likeness (QED) is 0.351. The average Bonchev–Trinajstić information content (AvgIpc) is 3.26. The number of ether oxygens (including phenoxy) is 2. The molecule has 0 aromatic heterocycles. The monoisotopic (exact) mass is 562 g/mol. The summed E-state index contributed by atoms with van der Waals surface area (Å²) in [7, 11) is 0. The Morgan fingerprint density at radius 1 is 1.11 bits per heavy atom. The van der Waals surface area contributed by atoms with Gasteiger partial charge in [-0.05, 0) is 53.9 Å². The van der Waals surface area contributed by atoms with Crippen LogP contribution in [0.4, 0.5) is 0 Å². The predicted octanol–water partition coefficient (Wildman–Crippen LogP) is 5.46. The number of benzene rings is 3. The molecule has 0 saturated heterocycles. The number of carbonyl (C=O) groups excluding carboxylic acids is 1. The van der Waals surface area contributed by atoms with Gasteiger partial charge in [-0.25, -0.2) is 4.99 Å². The van der Waals surface area contributed by atoms with Gasteiger partial charge >= 0.3 is 0 Å². The third-order valence-corrected chi connectivity index (χ3v) is 7.40. The fourth-order valence-corrected chi connectivity index (χ4v) is 5.36. The lowest BCUT2D eigenvalue weighted by Gasteiger charge is -2.32. The highest BCUT2D eigenvalue weighted by atomic mass is 79.9. The smallest absolute Gasteiger partial charge is 0.255 e. The number of hydrogen-bond donors (Lipinski definition) is 1. The Balaban J connectivity index is 1.58. The van der Waals surface area contributed by atoms with Crippen molar-refractivity contribution < 1.29 is 19.4 Å². The number of aliphatic hydroxyl groups excluding tert-OH is 1. The van der Waals surface area contributed by atoms with Gasteiger partial charge in [-0.3, -0.25) is 4.79 Å². The van der Waals surface area contributed by atoms with E-state index < -0.39 is 11.6 Å². The zero-order valence-corrected chi connectivity index (χ0v) is 22.5. The number of aliphatic hydroxyl groups is 1. The van der Waals surface area contributed by atoms with Crippen LogP contribution in [0.15, 0.2) is 82.3 Å². The molecule has 192 valence electrons. The Morgan fingerprint density at radius 3 is 2.59 bits per heavy atom. The summed E-state index contributed by atoms with van der Waals surface area (Å²) in [4.78, 5) is 21.4. The van der Waals surface area contributed by atoms with E-state index in [0.717, 1.165) is 33.1 Å². The molecule has 2 atom stereocenters. The number of rotatable bonds is 9. The number of aliphatic imine (C=N–C) groups is 1. The zero-order chi connectivity index (χ0) is 25.8. The number of carbonyl (C=O) groups is 1. The van der Waals surface area contributed by atoms with E-state index in [1.54, 1.807) is 0 Å². The minimum absolute atomic E-state index is 0.00238. The summed E-state index contributed by atoms with van der Waals surface area (Å²) in [5, 5.41) is 8.99. The number of halogens is 1. The molecule has 0 saturated carbocycles. The van der Waals surface area contributed by atoms with Crippen LogP contribution in [-0.2, 0) is 22.5 Å². The van der Waals surface area contributed by atoms with E-state index >= 15 is 0 Å². The molecular formula is C30H31BrN2O4. The Hall–Kier alpha value is -3.16. The zero-order valence-electron chi connectivity index (χ0n) is 20.9.